The second-order valence-electron chi connectivity index (χ2n) is 18.5. The van der Waals surface area contributed by atoms with E-state index in [1.807, 2.05) is 11.8 Å². The van der Waals surface area contributed by atoms with Crippen LogP contribution >= 0.6 is 11.8 Å². The molecule has 0 spiro atoms. The minimum Gasteiger partial charge on any atom is -0.356 e. The monoisotopic (exact) mass is 859 g/mol. The molecule has 14 rings (SSSR count). The molecule has 6 atom stereocenters. The second-order valence-corrected chi connectivity index (χ2v) is 19.7. The molecule has 0 radical (unpaired) electrons. The Labute approximate surface area is 390 Å². The quantitative estimate of drug-likeness (QED) is 0.159. The largest absolute Gasteiger partial charge is 0.356 e. The second kappa shape index (κ2) is 15.1. The van der Waals surface area contributed by atoms with Gasteiger partial charge in [-0.25, -0.2) is 0 Å². The third-order valence-corrected chi connectivity index (χ3v) is 16.5. The van der Waals surface area contributed by atoms with Crippen molar-refractivity contribution in [2.45, 2.75) is 34.1 Å². The van der Waals surface area contributed by atoms with Gasteiger partial charge in [0.1, 0.15) is 0 Å². The van der Waals surface area contributed by atoms with Crippen LogP contribution < -0.4 is 4.90 Å². The number of hydrogen-bond acceptors (Lipinski definition) is 2. The Morgan fingerprint density at radius 2 is 1.12 bits per heavy atom. The van der Waals surface area contributed by atoms with Gasteiger partial charge in [-0.3, -0.25) is 0 Å². The lowest BCUT2D eigenvalue weighted by atomic mass is 9.68. The number of benzene rings is 8. The molecule has 2 heterocycles. The molecule has 0 saturated carbocycles. The van der Waals surface area contributed by atoms with Crippen LogP contribution in [0.25, 0.3) is 54.9 Å². The molecule has 312 valence electrons. The maximum Gasteiger partial charge on any atom is 0.0658 e. The Hall–Kier alpha value is -7.39. The van der Waals surface area contributed by atoms with Gasteiger partial charge < -0.3 is 4.90 Å². The van der Waals surface area contributed by atoms with E-state index in [-0.39, 0.29) is 29.8 Å². The normalized spacial score (nSPS) is 22.9. The highest BCUT2D eigenvalue weighted by molar-refractivity contribution is 8.00. The van der Waals surface area contributed by atoms with E-state index >= 15 is 0 Å². The Bertz CT molecular complexity index is 3490. The molecule has 2 heteroatoms. The molecule has 8 aromatic carbocycles. The molecular formula is C64H45NS. The maximum atomic E-state index is 2.78. The van der Waals surface area contributed by atoms with Crippen molar-refractivity contribution < 1.29 is 0 Å². The van der Waals surface area contributed by atoms with Gasteiger partial charge in [-0.15, -0.1) is 11.8 Å². The first-order valence-corrected chi connectivity index (χ1v) is 24.4. The number of anilines is 1. The van der Waals surface area contributed by atoms with Crippen LogP contribution in [0.15, 0.2) is 253 Å². The lowest BCUT2D eigenvalue weighted by molar-refractivity contribution is 0.497. The summed E-state index contributed by atoms with van der Waals surface area (Å²) >= 11 is 2.04. The average Bonchev–Trinajstić information content (AvgIpc) is 3.93. The molecule has 0 N–H and O–H groups in total. The van der Waals surface area contributed by atoms with Gasteiger partial charge >= 0.3 is 0 Å². The van der Waals surface area contributed by atoms with E-state index in [1.165, 1.54) is 104 Å². The Balaban J connectivity index is 0.883. The smallest absolute Gasteiger partial charge is 0.0658 e. The lowest BCUT2D eigenvalue weighted by Gasteiger charge is -2.46. The molecule has 66 heavy (non-hydrogen) atoms. The zero-order valence-corrected chi connectivity index (χ0v) is 37.2. The van der Waals surface area contributed by atoms with E-state index in [9.17, 15) is 0 Å². The van der Waals surface area contributed by atoms with E-state index in [0.717, 1.165) is 0 Å². The number of rotatable bonds is 5. The van der Waals surface area contributed by atoms with E-state index in [1.54, 1.807) is 0 Å². The van der Waals surface area contributed by atoms with Crippen LogP contribution in [0.1, 0.15) is 45.7 Å². The van der Waals surface area contributed by atoms with E-state index in [0.29, 0.717) is 5.25 Å². The summed E-state index contributed by atoms with van der Waals surface area (Å²) in [5.74, 6) is 0.693. The van der Waals surface area contributed by atoms with Crippen molar-refractivity contribution in [1.29, 1.82) is 0 Å². The molecule has 0 aromatic heterocycles. The highest BCUT2D eigenvalue weighted by atomic mass is 32.2. The molecule has 8 aromatic rings. The van der Waals surface area contributed by atoms with Gasteiger partial charge in [0.25, 0.3) is 0 Å². The van der Waals surface area contributed by atoms with Crippen LogP contribution in [0.2, 0.25) is 0 Å². The minimum absolute atomic E-state index is 0.134. The predicted octanol–water partition coefficient (Wildman–Crippen LogP) is 16.3. The highest BCUT2D eigenvalue weighted by Crippen LogP contribution is 2.60. The maximum absolute atomic E-state index is 2.78. The fraction of sp³-hybridized carbons (Fsp3) is 0.0938. The summed E-state index contributed by atoms with van der Waals surface area (Å²) in [5.41, 5.74) is 19.0. The summed E-state index contributed by atoms with van der Waals surface area (Å²) in [6, 6.07) is 66.1. The summed E-state index contributed by atoms with van der Waals surface area (Å²) in [6.45, 7) is 0. The summed E-state index contributed by atoms with van der Waals surface area (Å²) in [4.78, 5) is 4.16. The van der Waals surface area contributed by atoms with Crippen LogP contribution in [-0.4, -0.2) is 11.3 Å². The number of fused-ring (bicyclic) bond motifs is 10. The van der Waals surface area contributed by atoms with Crippen molar-refractivity contribution in [2.75, 3.05) is 4.90 Å². The minimum atomic E-state index is 0.134. The third-order valence-electron chi connectivity index (χ3n) is 15.2. The number of hydrogen-bond donors (Lipinski definition) is 0. The van der Waals surface area contributed by atoms with Crippen molar-refractivity contribution in [1.82, 2.24) is 0 Å². The summed E-state index contributed by atoms with van der Waals surface area (Å²) in [6.07, 6.45) is 24.1. The Morgan fingerprint density at radius 3 is 1.88 bits per heavy atom. The summed E-state index contributed by atoms with van der Waals surface area (Å²) in [5, 5.41) is 5.48. The van der Waals surface area contributed by atoms with Gasteiger partial charge in [-0.2, -0.15) is 0 Å². The first-order chi connectivity index (χ1) is 32.8. The molecule has 0 fully saturated rings. The van der Waals surface area contributed by atoms with Crippen molar-refractivity contribution in [2.24, 2.45) is 5.92 Å². The number of allylic oxidation sites excluding steroid dienone is 9. The van der Waals surface area contributed by atoms with Gasteiger partial charge in [0.15, 0.2) is 0 Å². The fourth-order valence-electron chi connectivity index (χ4n) is 12.5. The predicted molar refractivity (Wildman–Crippen MR) is 279 cm³/mol. The van der Waals surface area contributed by atoms with Gasteiger partial charge in [-0.1, -0.05) is 225 Å². The van der Waals surface area contributed by atoms with Crippen LogP contribution in [-0.2, 0) is 0 Å². The van der Waals surface area contributed by atoms with Crippen LogP contribution in [0.4, 0.5) is 5.69 Å². The zero-order chi connectivity index (χ0) is 43.3. The van der Waals surface area contributed by atoms with E-state index < -0.39 is 0 Å². The van der Waals surface area contributed by atoms with Gasteiger partial charge in [0, 0.05) is 33.6 Å². The molecule has 0 saturated heterocycles. The first kappa shape index (κ1) is 37.9. The summed E-state index contributed by atoms with van der Waals surface area (Å²) in [7, 11) is 0. The van der Waals surface area contributed by atoms with Crippen molar-refractivity contribution in [3.8, 4) is 22.3 Å². The van der Waals surface area contributed by atoms with Gasteiger partial charge in [-0.05, 0) is 106 Å². The molecular weight excluding hydrogens is 815 g/mol. The first-order valence-electron chi connectivity index (χ1n) is 23.5. The van der Waals surface area contributed by atoms with E-state index in [2.05, 4.69) is 242 Å². The van der Waals surface area contributed by atoms with Crippen molar-refractivity contribution in [3.63, 3.8) is 0 Å². The molecule has 6 aliphatic rings. The Morgan fingerprint density at radius 1 is 0.470 bits per heavy atom. The SMILES string of the molecule is C1=CC2=C(C3=CC=CC4Sc5cc(-c6c7ccccc7c(-c7ccccc7)c7ccccc67)ccc5C34)c3ccccc3C(N3c4ccccc4[C@H]4C=C(c5ccccc5)C=CC43)C2C=C1. The topological polar surface area (TPSA) is 3.24 Å². The lowest BCUT2D eigenvalue weighted by Crippen LogP contribution is -2.42. The number of thioether (sulfide) groups is 1. The average molecular weight is 860 g/mol. The van der Waals surface area contributed by atoms with Crippen LogP contribution in [0.5, 0.6) is 0 Å². The third kappa shape index (κ3) is 5.68. The van der Waals surface area contributed by atoms with Crippen LogP contribution in [0.3, 0.4) is 0 Å². The molecule has 5 unspecified atom stereocenters. The molecule has 4 aliphatic carbocycles. The van der Waals surface area contributed by atoms with Gasteiger partial charge in [0.2, 0.25) is 0 Å². The molecule has 2 aliphatic heterocycles. The molecule has 0 amide bonds. The van der Waals surface area contributed by atoms with Crippen molar-refractivity contribution in [3.05, 3.63) is 276 Å². The van der Waals surface area contributed by atoms with Crippen LogP contribution in [0, 0.1) is 5.92 Å². The standard InChI is InChI=1S/C64H45NS/c1-3-18-40(19-4-1)42-35-37-57-55(38-42)44-22-15-16-32-56(44)65(57)64-51-29-13-11-27-49(51)62(50-28-12-14-30-52(50)64)54-31-17-33-58-63(54)53-36-34-43(39-59(53)66-58)61-47-25-9-7-23-45(47)60(41-20-5-2-6-21-41)46-24-8-10-26-48(46)61/h1-39,51,55,57-58,63-64H/t51?,55-,57?,58?,63?,64?/m1/s1. The van der Waals surface area contributed by atoms with Gasteiger partial charge in [0.05, 0.1) is 12.1 Å². The fourth-order valence-corrected chi connectivity index (χ4v) is 13.9. The zero-order valence-electron chi connectivity index (χ0n) is 36.3. The van der Waals surface area contributed by atoms with E-state index in [4.69, 9.17) is 0 Å². The highest BCUT2D eigenvalue weighted by Gasteiger charge is 2.48. The Kier molecular flexibility index (Phi) is 8.67. The molecule has 1 nitrogen and oxygen atoms in total. The summed E-state index contributed by atoms with van der Waals surface area (Å²) < 4.78 is 0. The number of nitrogens with zero attached hydrogens (tertiary/aromatic N) is 1. The number of para-hydroxylation sites is 1. The molecule has 0 bridgehead atoms. The van der Waals surface area contributed by atoms with Crippen molar-refractivity contribution >= 4 is 50.1 Å².